The Morgan fingerprint density at radius 3 is 2.41 bits per heavy atom. The van der Waals surface area contributed by atoms with E-state index in [0.717, 1.165) is 29.1 Å². The number of hydrogen-bond acceptors (Lipinski definition) is 4. The largest absolute Gasteiger partial charge is 0.497 e. The third kappa shape index (κ3) is 4.62. The summed E-state index contributed by atoms with van der Waals surface area (Å²) in [6, 6.07) is 22.8. The van der Waals surface area contributed by atoms with Crippen molar-refractivity contribution in [2.75, 3.05) is 18.0 Å². The number of para-hydroxylation sites is 1. The Kier molecular flexibility index (Phi) is 6.46. The zero-order valence-corrected chi connectivity index (χ0v) is 18.7. The molecular weight excluding hydrogens is 424 g/mol. The zero-order chi connectivity index (χ0) is 22.6. The third-order valence-electron chi connectivity index (χ3n) is 5.68. The fourth-order valence-electron chi connectivity index (χ4n) is 4.06. The fraction of sp³-hybridized carbons (Fsp3) is 0.240. The molecule has 0 heterocycles. The van der Waals surface area contributed by atoms with Crippen molar-refractivity contribution in [1.29, 1.82) is 0 Å². The van der Waals surface area contributed by atoms with Gasteiger partial charge in [0, 0.05) is 0 Å². The summed E-state index contributed by atoms with van der Waals surface area (Å²) < 4.78 is 33.2. The van der Waals surface area contributed by atoms with Crippen LogP contribution in [0.25, 0.3) is 0 Å². The first-order valence-electron chi connectivity index (χ1n) is 10.6. The Bertz CT molecular complexity index is 1180. The summed E-state index contributed by atoms with van der Waals surface area (Å²) in [6.45, 7) is -0.308. The third-order valence-corrected chi connectivity index (χ3v) is 7.47. The lowest BCUT2D eigenvalue weighted by Gasteiger charge is -2.28. The molecule has 0 radical (unpaired) electrons. The van der Waals surface area contributed by atoms with Crippen molar-refractivity contribution >= 4 is 21.6 Å². The van der Waals surface area contributed by atoms with Gasteiger partial charge < -0.3 is 10.1 Å². The lowest BCUT2D eigenvalue weighted by molar-refractivity contribution is -0.120. The number of nitrogens with zero attached hydrogens (tertiary/aromatic N) is 1. The van der Waals surface area contributed by atoms with Crippen molar-refractivity contribution in [2.24, 2.45) is 0 Å². The predicted molar refractivity (Wildman–Crippen MR) is 124 cm³/mol. The van der Waals surface area contributed by atoms with Gasteiger partial charge in [-0.15, -0.1) is 0 Å². The number of nitrogens with one attached hydrogen (secondary N) is 1. The molecule has 0 saturated carbocycles. The van der Waals surface area contributed by atoms with Gasteiger partial charge in [-0.2, -0.15) is 0 Å². The maximum Gasteiger partial charge on any atom is 0.264 e. The second-order valence-electron chi connectivity index (χ2n) is 7.73. The lowest BCUT2D eigenvalue weighted by atomic mass is 9.88. The zero-order valence-electron chi connectivity index (χ0n) is 17.9. The van der Waals surface area contributed by atoms with E-state index in [1.807, 2.05) is 18.2 Å². The van der Waals surface area contributed by atoms with E-state index in [4.69, 9.17) is 4.74 Å². The molecule has 1 aliphatic carbocycles. The fourth-order valence-corrected chi connectivity index (χ4v) is 5.48. The standard InChI is InChI=1S/C25H26N2O4S/c1-31-21-14-16-22(17-15-21)32(29,30)27(20-10-3-2-4-11-20)18-25(28)26-24-13-7-9-19-8-5-6-12-23(19)24/h2-6,8,10-12,14-17,24H,7,9,13,18H2,1H3,(H,26,28)/t24-/m1/s1. The number of amides is 1. The number of sulfonamides is 1. The molecule has 3 aromatic rings. The minimum Gasteiger partial charge on any atom is -0.497 e. The van der Waals surface area contributed by atoms with Crippen LogP contribution in [0.2, 0.25) is 0 Å². The molecule has 7 heteroatoms. The molecule has 1 N–H and O–H groups in total. The van der Waals surface area contributed by atoms with Crippen LogP contribution in [-0.4, -0.2) is 28.0 Å². The molecular formula is C25H26N2O4S. The highest BCUT2D eigenvalue weighted by atomic mass is 32.2. The van der Waals surface area contributed by atoms with Crippen LogP contribution < -0.4 is 14.4 Å². The number of anilines is 1. The van der Waals surface area contributed by atoms with Crippen molar-refractivity contribution in [3.63, 3.8) is 0 Å². The molecule has 0 spiro atoms. The first-order valence-corrected chi connectivity index (χ1v) is 12.0. The van der Waals surface area contributed by atoms with Gasteiger partial charge in [-0.3, -0.25) is 9.10 Å². The van der Waals surface area contributed by atoms with Crippen LogP contribution in [-0.2, 0) is 21.2 Å². The monoisotopic (exact) mass is 450 g/mol. The van der Waals surface area contributed by atoms with Crippen molar-refractivity contribution in [3.05, 3.63) is 90.0 Å². The molecule has 32 heavy (non-hydrogen) atoms. The number of hydrogen-bond donors (Lipinski definition) is 1. The Hall–Kier alpha value is -3.32. The molecule has 0 aliphatic heterocycles. The summed E-state index contributed by atoms with van der Waals surface area (Å²) >= 11 is 0. The molecule has 0 fully saturated rings. The van der Waals surface area contributed by atoms with E-state index in [9.17, 15) is 13.2 Å². The molecule has 6 nitrogen and oxygen atoms in total. The van der Waals surface area contributed by atoms with Crippen molar-refractivity contribution in [3.8, 4) is 5.75 Å². The molecule has 166 valence electrons. The molecule has 3 aromatic carbocycles. The molecule has 1 aliphatic rings. The summed E-state index contributed by atoms with van der Waals surface area (Å²) in [6.07, 6.45) is 2.80. The van der Waals surface area contributed by atoms with Crippen LogP contribution in [0.5, 0.6) is 5.75 Å². The molecule has 0 aromatic heterocycles. The smallest absolute Gasteiger partial charge is 0.264 e. The predicted octanol–water partition coefficient (Wildman–Crippen LogP) is 4.08. The van der Waals surface area contributed by atoms with Gasteiger partial charge in [-0.05, 0) is 66.8 Å². The number of rotatable bonds is 7. The number of fused-ring (bicyclic) bond motifs is 1. The van der Waals surface area contributed by atoms with Gasteiger partial charge in [-0.25, -0.2) is 8.42 Å². The maximum atomic E-state index is 13.5. The molecule has 0 saturated heterocycles. The van der Waals surface area contributed by atoms with E-state index in [-0.39, 0.29) is 23.4 Å². The first kappa shape index (κ1) is 21.9. The van der Waals surface area contributed by atoms with Crippen LogP contribution in [0.4, 0.5) is 5.69 Å². The molecule has 4 rings (SSSR count). The number of carbonyl (C=O) groups is 1. The van der Waals surface area contributed by atoms with Gasteiger partial charge in [0.05, 0.1) is 23.7 Å². The summed E-state index contributed by atoms with van der Waals surface area (Å²) in [5, 5.41) is 3.05. The number of ether oxygens (including phenoxy) is 1. The van der Waals surface area contributed by atoms with Gasteiger partial charge in [0.2, 0.25) is 5.91 Å². The van der Waals surface area contributed by atoms with Crippen LogP contribution >= 0.6 is 0 Å². The summed E-state index contributed by atoms with van der Waals surface area (Å²) in [5.41, 5.74) is 2.77. The Morgan fingerprint density at radius 1 is 1.00 bits per heavy atom. The quantitative estimate of drug-likeness (QED) is 0.588. The highest BCUT2D eigenvalue weighted by Crippen LogP contribution is 2.30. The lowest BCUT2D eigenvalue weighted by Crippen LogP contribution is -2.42. The highest BCUT2D eigenvalue weighted by Gasteiger charge is 2.29. The van der Waals surface area contributed by atoms with E-state index >= 15 is 0 Å². The normalized spacial score (nSPS) is 15.5. The minimum atomic E-state index is -3.96. The molecule has 0 bridgehead atoms. The highest BCUT2D eigenvalue weighted by molar-refractivity contribution is 7.92. The SMILES string of the molecule is COc1ccc(S(=O)(=O)N(CC(=O)N[C@@H]2CCCc3ccccc32)c2ccccc2)cc1. The summed E-state index contributed by atoms with van der Waals surface area (Å²) in [5.74, 6) is 0.219. The number of carbonyl (C=O) groups excluding carboxylic acids is 1. The van der Waals surface area contributed by atoms with Gasteiger partial charge >= 0.3 is 0 Å². The van der Waals surface area contributed by atoms with E-state index in [1.54, 1.807) is 42.5 Å². The van der Waals surface area contributed by atoms with Crippen LogP contribution in [0.1, 0.15) is 30.0 Å². The summed E-state index contributed by atoms with van der Waals surface area (Å²) in [7, 11) is -2.44. The topological polar surface area (TPSA) is 75.7 Å². The van der Waals surface area contributed by atoms with Gasteiger partial charge in [0.25, 0.3) is 10.0 Å². The van der Waals surface area contributed by atoms with E-state index in [2.05, 4.69) is 11.4 Å². The number of methoxy groups -OCH3 is 1. The molecule has 1 amide bonds. The van der Waals surface area contributed by atoms with Crippen molar-refractivity contribution in [1.82, 2.24) is 5.32 Å². The average Bonchev–Trinajstić information content (AvgIpc) is 2.83. The first-order chi connectivity index (χ1) is 15.5. The summed E-state index contributed by atoms with van der Waals surface area (Å²) in [4.78, 5) is 13.1. The minimum absolute atomic E-state index is 0.0953. The number of aryl methyl sites for hydroxylation is 1. The Balaban J connectivity index is 1.60. The molecule has 0 unspecified atom stereocenters. The van der Waals surface area contributed by atoms with Crippen LogP contribution in [0.3, 0.4) is 0 Å². The number of benzene rings is 3. The van der Waals surface area contributed by atoms with Crippen LogP contribution in [0.15, 0.2) is 83.8 Å². The van der Waals surface area contributed by atoms with Crippen molar-refractivity contribution < 1.29 is 17.9 Å². The Labute approximate surface area is 188 Å². The van der Waals surface area contributed by atoms with Crippen molar-refractivity contribution in [2.45, 2.75) is 30.2 Å². The van der Waals surface area contributed by atoms with Gasteiger partial charge in [0.1, 0.15) is 12.3 Å². The van der Waals surface area contributed by atoms with Gasteiger partial charge in [0.15, 0.2) is 0 Å². The van der Waals surface area contributed by atoms with Crippen LogP contribution in [0, 0.1) is 0 Å². The average molecular weight is 451 g/mol. The van der Waals surface area contributed by atoms with E-state index < -0.39 is 10.0 Å². The second kappa shape index (κ2) is 9.44. The maximum absolute atomic E-state index is 13.5. The van der Waals surface area contributed by atoms with E-state index in [1.165, 1.54) is 24.8 Å². The van der Waals surface area contributed by atoms with E-state index in [0.29, 0.717) is 11.4 Å². The Morgan fingerprint density at radius 2 is 1.69 bits per heavy atom. The molecule has 1 atom stereocenters. The van der Waals surface area contributed by atoms with Gasteiger partial charge in [-0.1, -0.05) is 42.5 Å². The second-order valence-corrected chi connectivity index (χ2v) is 9.60.